The Morgan fingerprint density at radius 1 is 0.961 bits per heavy atom. The molecule has 1 saturated heterocycles. The minimum absolute atomic E-state index is 0.110. The highest BCUT2D eigenvalue weighted by atomic mass is 79.9. The summed E-state index contributed by atoms with van der Waals surface area (Å²) in [5.41, 5.74) is 6.40. The number of hydrogen-bond acceptors (Lipinski definition) is 8. The van der Waals surface area contributed by atoms with E-state index in [4.69, 9.17) is 9.72 Å². The van der Waals surface area contributed by atoms with Gasteiger partial charge in [0.2, 0.25) is 0 Å². The SMILES string of the molecule is CSc1ccc(C)cc1Br.Cc1ccc(S(C)(=O)=O)c(-c2nc3cc(F)cc(F)c3c(N3CC(C)(C)c4ncc(N5CCOCC5)cc43)c2C)c1. The van der Waals surface area contributed by atoms with Crippen LogP contribution in [0.4, 0.5) is 25.8 Å². The number of halogens is 3. The Balaban J connectivity index is 0.000000388. The van der Waals surface area contributed by atoms with Gasteiger partial charge in [-0.3, -0.25) is 4.98 Å². The summed E-state index contributed by atoms with van der Waals surface area (Å²) in [5.74, 6) is -1.48. The van der Waals surface area contributed by atoms with Gasteiger partial charge >= 0.3 is 0 Å². The van der Waals surface area contributed by atoms with Gasteiger partial charge in [-0.1, -0.05) is 31.5 Å². The molecule has 7 rings (SSSR count). The summed E-state index contributed by atoms with van der Waals surface area (Å²) < 4.78 is 62.6. The predicted molar refractivity (Wildman–Crippen MR) is 208 cm³/mol. The van der Waals surface area contributed by atoms with Gasteiger partial charge in [0.15, 0.2) is 9.84 Å². The molecule has 2 aromatic heterocycles. The van der Waals surface area contributed by atoms with Crippen molar-refractivity contribution in [2.45, 2.75) is 49.8 Å². The first-order valence-corrected chi connectivity index (χ1v) is 20.5. The summed E-state index contributed by atoms with van der Waals surface area (Å²) in [4.78, 5) is 15.2. The van der Waals surface area contributed by atoms with Crippen molar-refractivity contribution in [1.29, 1.82) is 0 Å². The van der Waals surface area contributed by atoms with Crippen molar-refractivity contribution in [3.8, 4) is 11.3 Å². The third-order valence-electron chi connectivity index (χ3n) is 9.30. The molecule has 1 fully saturated rings. The van der Waals surface area contributed by atoms with E-state index in [1.54, 1.807) is 30.0 Å². The highest BCUT2D eigenvalue weighted by Gasteiger charge is 2.40. The average Bonchev–Trinajstić information content (AvgIpc) is 3.34. The minimum atomic E-state index is -3.63. The standard InChI is InChI=1S/C31H32F2N4O3S.C8H9BrS/c1-18-6-7-26(41(5,38)39)22(12-18)28-19(2)29(27-23(33)13-20(32)14-24(27)35-28)37-17-31(3,4)30-25(37)15-21(16-34-30)36-8-10-40-11-9-36;1-6-3-4-8(10-2)7(9)5-6/h6-7,12-16H,8-11,17H2,1-5H3;3-5H,1-2H3. The maximum Gasteiger partial charge on any atom is 0.176 e. The van der Waals surface area contributed by atoms with Crippen LogP contribution in [0.5, 0.6) is 0 Å². The number of morpholine rings is 1. The third-order valence-corrected chi connectivity index (χ3v) is 12.2. The first kappa shape index (κ1) is 37.2. The van der Waals surface area contributed by atoms with Crippen LogP contribution in [0, 0.1) is 32.4 Å². The zero-order valence-corrected chi connectivity index (χ0v) is 33.0. The molecule has 51 heavy (non-hydrogen) atoms. The first-order chi connectivity index (χ1) is 24.1. The van der Waals surface area contributed by atoms with E-state index in [9.17, 15) is 12.8 Å². The van der Waals surface area contributed by atoms with Crippen LogP contribution in [0.25, 0.3) is 22.2 Å². The third kappa shape index (κ3) is 7.51. The lowest BCUT2D eigenvalue weighted by Gasteiger charge is -2.30. The minimum Gasteiger partial charge on any atom is -0.378 e. The number of aryl methyl sites for hydroxylation is 2. The number of hydrogen-bond donors (Lipinski definition) is 0. The van der Waals surface area contributed by atoms with Gasteiger partial charge in [0.25, 0.3) is 0 Å². The second-order valence-corrected chi connectivity index (χ2v) is 17.4. The van der Waals surface area contributed by atoms with Gasteiger partial charge < -0.3 is 14.5 Å². The van der Waals surface area contributed by atoms with Crippen LogP contribution in [-0.2, 0) is 20.0 Å². The highest BCUT2D eigenvalue weighted by molar-refractivity contribution is 9.10. The van der Waals surface area contributed by atoms with Crippen molar-refractivity contribution < 1.29 is 21.9 Å². The molecular weight excluding hydrogens is 754 g/mol. The lowest BCUT2D eigenvalue weighted by Crippen LogP contribution is -2.36. The summed E-state index contributed by atoms with van der Waals surface area (Å²) >= 11 is 5.24. The maximum absolute atomic E-state index is 15.7. The number of sulfone groups is 1. The molecular formula is C39H41BrF2N4O3S2. The summed E-state index contributed by atoms with van der Waals surface area (Å²) in [6.07, 6.45) is 5.10. The largest absolute Gasteiger partial charge is 0.378 e. The zero-order valence-electron chi connectivity index (χ0n) is 29.8. The predicted octanol–water partition coefficient (Wildman–Crippen LogP) is 9.34. The van der Waals surface area contributed by atoms with Crippen LogP contribution < -0.4 is 9.80 Å². The summed E-state index contributed by atoms with van der Waals surface area (Å²) in [6, 6.07) is 15.6. The van der Waals surface area contributed by atoms with E-state index in [0.29, 0.717) is 42.3 Å². The Morgan fingerprint density at radius 2 is 1.65 bits per heavy atom. The lowest BCUT2D eigenvalue weighted by atomic mass is 9.91. The molecule has 2 aliphatic rings. The fraction of sp³-hybridized carbons (Fsp3) is 0.333. The van der Waals surface area contributed by atoms with E-state index in [-0.39, 0.29) is 21.2 Å². The number of thioether (sulfide) groups is 1. The van der Waals surface area contributed by atoms with Crippen molar-refractivity contribution >= 4 is 65.5 Å². The van der Waals surface area contributed by atoms with E-state index < -0.39 is 21.5 Å². The van der Waals surface area contributed by atoms with Gasteiger partial charge in [-0.2, -0.15) is 0 Å². The van der Waals surface area contributed by atoms with Crippen molar-refractivity contribution in [2.24, 2.45) is 0 Å². The summed E-state index contributed by atoms with van der Waals surface area (Å²) in [7, 11) is -3.63. The molecule has 0 spiro atoms. The molecule has 12 heteroatoms. The van der Waals surface area contributed by atoms with Crippen LogP contribution in [0.2, 0.25) is 0 Å². The van der Waals surface area contributed by atoms with E-state index in [1.165, 1.54) is 21.0 Å². The highest BCUT2D eigenvalue weighted by Crippen LogP contribution is 2.49. The van der Waals surface area contributed by atoms with Gasteiger partial charge in [-0.15, -0.1) is 11.8 Å². The molecule has 268 valence electrons. The van der Waals surface area contributed by atoms with Gasteiger partial charge in [0.1, 0.15) is 11.6 Å². The van der Waals surface area contributed by atoms with Gasteiger partial charge in [-0.25, -0.2) is 22.2 Å². The number of fused-ring (bicyclic) bond motifs is 2. The molecule has 0 unspecified atom stereocenters. The normalized spacial score (nSPS) is 15.5. The number of pyridine rings is 2. The Hall–Kier alpha value is -3.58. The van der Waals surface area contributed by atoms with Crippen molar-refractivity contribution in [3.05, 3.63) is 99.3 Å². The average molecular weight is 796 g/mol. The Morgan fingerprint density at radius 3 is 2.31 bits per heavy atom. The molecule has 7 nitrogen and oxygen atoms in total. The Labute approximate surface area is 311 Å². The van der Waals surface area contributed by atoms with E-state index in [0.717, 1.165) is 48.0 Å². The van der Waals surface area contributed by atoms with Crippen LogP contribution in [0.1, 0.15) is 36.2 Å². The molecule has 4 heterocycles. The van der Waals surface area contributed by atoms with Crippen molar-refractivity contribution in [3.63, 3.8) is 0 Å². The molecule has 2 aliphatic heterocycles. The van der Waals surface area contributed by atoms with E-state index in [2.05, 4.69) is 77.1 Å². The molecule has 0 bridgehead atoms. The second kappa shape index (κ2) is 14.4. The molecule has 0 radical (unpaired) electrons. The smallest absolute Gasteiger partial charge is 0.176 e. The fourth-order valence-electron chi connectivity index (χ4n) is 6.83. The molecule has 0 saturated carbocycles. The molecule has 0 N–H and O–H groups in total. The lowest BCUT2D eigenvalue weighted by molar-refractivity contribution is 0.122. The fourth-order valence-corrected chi connectivity index (χ4v) is 9.14. The Bertz CT molecular complexity index is 2260. The number of benzene rings is 3. The number of rotatable bonds is 5. The number of ether oxygens (including phenoxy) is 1. The molecule has 0 atom stereocenters. The van der Waals surface area contributed by atoms with Crippen LogP contribution >= 0.6 is 27.7 Å². The maximum atomic E-state index is 15.7. The van der Waals surface area contributed by atoms with Crippen molar-refractivity contribution in [2.75, 3.05) is 55.2 Å². The topological polar surface area (TPSA) is 75.6 Å². The van der Waals surface area contributed by atoms with Crippen LogP contribution in [0.3, 0.4) is 0 Å². The quantitative estimate of drug-likeness (QED) is 0.163. The van der Waals surface area contributed by atoms with Crippen molar-refractivity contribution in [1.82, 2.24) is 9.97 Å². The van der Waals surface area contributed by atoms with E-state index >= 15 is 4.39 Å². The summed E-state index contributed by atoms with van der Waals surface area (Å²) in [5, 5.41) is 0.182. The number of nitrogens with zero attached hydrogens (tertiary/aromatic N) is 4. The molecule has 3 aromatic carbocycles. The number of aromatic nitrogens is 2. The first-order valence-electron chi connectivity index (χ1n) is 16.6. The van der Waals surface area contributed by atoms with Gasteiger partial charge in [0.05, 0.1) is 63.7 Å². The Kier molecular flexibility index (Phi) is 10.5. The van der Waals surface area contributed by atoms with Crippen LogP contribution in [-0.4, -0.2) is 63.7 Å². The summed E-state index contributed by atoms with van der Waals surface area (Å²) in [6.45, 7) is 13.2. The van der Waals surface area contributed by atoms with Crippen LogP contribution in [0.15, 0.2) is 75.1 Å². The molecule has 5 aromatic rings. The zero-order chi connectivity index (χ0) is 36.8. The number of anilines is 3. The molecule has 0 aliphatic carbocycles. The van der Waals surface area contributed by atoms with Gasteiger partial charge in [0, 0.05) is 58.4 Å². The van der Waals surface area contributed by atoms with Gasteiger partial charge in [-0.05, 0) is 84.4 Å². The van der Waals surface area contributed by atoms with E-state index in [1.807, 2.05) is 24.9 Å². The molecule has 0 amide bonds. The monoisotopic (exact) mass is 794 g/mol. The second-order valence-electron chi connectivity index (χ2n) is 13.8.